The zero-order valence-corrected chi connectivity index (χ0v) is 14.1. The van der Waals surface area contributed by atoms with Crippen LogP contribution in [-0.2, 0) is 17.9 Å². The summed E-state index contributed by atoms with van der Waals surface area (Å²) in [5.74, 6) is -0.157. The minimum absolute atomic E-state index is 0.0622. The summed E-state index contributed by atoms with van der Waals surface area (Å²) in [6.07, 6.45) is 1.75. The number of carbonyl (C=O) groups excluding carboxylic acids is 1. The lowest BCUT2D eigenvalue weighted by Gasteiger charge is -2.27. The van der Waals surface area contributed by atoms with Gasteiger partial charge >= 0.3 is 0 Å². The van der Waals surface area contributed by atoms with Crippen LogP contribution in [0.5, 0.6) is 0 Å². The first kappa shape index (κ1) is 17.2. The van der Waals surface area contributed by atoms with Crippen molar-refractivity contribution in [1.29, 1.82) is 0 Å². The molecule has 2 unspecified atom stereocenters. The van der Waals surface area contributed by atoms with Gasteiger partial charge in [-0.1, -0.05) is 42.8 Å². The van der Waals surface area contributed by atoms with E-state index in [-0.39, 0.29) is 17.9 Å². The normalized spacial score (nSPS) is 13.4. The van der Waals surface area contributed by atoms with E-state index in [1.54, 1.807) is 6.20 Å². The molecule has 0 aliphatic carbocycles. The van der Waals surface area contributed by atoms with Gasteiger partial charge < -0.3 is 10.6 Å². The van der Waals surface area contributed by atoms with Crippen molar-refractivity contribution < 1.29 is 4.79 Å². The van der Waals surface area contributed by atoms with Gasteiger partial charge in [0.05, 0.1) is 18.2 Å². The summed E-state index contributed by atoms with van der Waals surface area (Å²) in [6.45, 7) is 6.86. The minimum Gasteiger partial charge on any atom is -0.332 e. The molecule has 122 valence electrons. The second-order valence-corrected chi connectivity index (χ2v) is 6.15. The molecule has 1 aromatic heterocycles. The first-order chi connectivity index (χ1) is 11.0. The van der Waals surface area contributed by atoms with Crippen molar-refractivity contribution in [3.8, 4) is 0 Å². The van der Waals surface area contributed by atoms with Crippen LogP contribution >= 0.6 is 0 Å². The van der Waals surface area contributed by atoms with Crippen LogP contribution in [0.2, 0.25) is 0 Å². The summed E-state index contributed by atoms with van der Waals surface area (Å²) in [7, 11) is 0. The molecule has 0 bridgehead atoms. The van der Waals surface area contributed by atoms with Crippen molar-refractivity contribution in [3.05, 3.63) is 65.5 Å². The number of hydrogen-bond donors (Lipinski definition) is 1. The van der Waals surface area contributed by atoms with Gasteiger partial charge in [0.2, 0.25) is 5.91 Å². The molecule has 0 aliphatic rings. The highest BCUT2D eigenvalue weighted by molar-refractivity contribution is 5.79. The molecule has 4 nitrogen and oxygen atoms in total. The molecule has 0 saturated carbocycles. The average Bonchev–Trinajstić information content (AvgIpc) is 2.54. The lowest BCUT2D eigenvalue weighted by atomic mass is 10.0. The Hall–Kier alpha value is -2.20. The largest absolute Gasteiger partial charge is 0.332 e. The second kappa shape index (κ2) is 7.88. The Morgan fingerprint density at radius 1 is 1.17 bits per heavy atom. The fourth-order valence-electron chi connectivity index (χ4n) is 2.44. The molecule has 2 aromatic rings. The van der Waals surface area contributed by atoms with Crippen molar-refractivity contribution in [1.82, 2.24) is 9.88 Å². The van der Waals surface area contributed by atoms with E-state index in [0.717, 1.165) is 11.3 Å². The molecule has 4 heteroatoms. The number of pyridine rings is 1. The van der Waals surface area contributed by atoms with Gasteiger partial charge in [-0.25, -0.2) is 0 Å². The van der Waals surface area contributed by atoms with E-state index in [9.17, 15) is 4.79 Å². The van der Waals surface area contributed by atoms with E-state index in [0.29, 0.717) is 13.1 Å². The lowest BCUT2D eigenvalue weighted by molar-refractivity contribution is -0.136. The molecule has 0 aliphatic heterocycles. The molecule has 2 rings (SSSR count). The SMILES string of the molecule is Cc1cccc(CN(Cc2ccccn2)C(=O)C(C)C(C)N)c1. The van der Waals surface area contributed by atoms with E-state index < -0.39 is 0 Å². The molecule has 0 radical (unpaired) electrons. The third-order valence-corrected chi connectivity index (χ3v) is 4.02. The van der Waals surface area contributed by atoms with Gasteiger partial charge in [0.25, 0.3) is 0 Å². The minimum atomic E-state index is -0.219. The second-order valence-electron chi connectivity index (χ2n) is 6.15. The summed E-state index contributed by atoms with van der Waals surface area (Å²) >= 11 is 0. The quantitative estimate of drug-likeness (QED) is 0.892. The first-order valence-corrected chi connectivity index (χ1v) is 7.97. The van der Waals surface area contributed by atoms with Crippen LogP contribution in [0.1, 0.15) is 30.7 Å². The van der Waals surface area contributed by atoms with E-state index in [1.165, 1.54) is 5.56 Å². The van der Waals surface area contributed by atoms with E-state index in [1.807, 2.05) is 49.1 Å². The standard InChI is InChI=1S/C19H25N3O/c1-14-7-6-8-17(11-14)12-22(19(23)15(2)16(3)20)13-18-9-4-5-10-21-18/h4-11,15-16H,12-13,20H2,1-3H3. The van der Waals surface area contributed by atoms with Gasteiger partial charge in [-0.05, 0) is 31.5 Å². The number of nitrogens with two attached hydrogens (primary N) is 1. The van der Waals surface area contributed by atoms with Gasteiger partial charge in [-0.3, -0.25) is 9.78 Å². The number of aromatic nitrogens is 1. The Balaban J connectivity index is 2.21. The van der Waals surface area contributed by atoms with Crippen LogP contribution in [-0.4, -0.2) is 21.8 Å². The highest BCUT2D eigenvalue weighted by atomic mass is 16.2. The Kier molecular flexibility index (Phi) is 5.88. The molecule has 2 N–H and O–H groups in total. The highest BCUT2D eigenvalue weighted by Crippen LogP contribution is 2.15. The summed E-state index contributed by atoms with van der Waals surface area (Å²) < 4.78 is 0. The maximum absolute atomic E-state index is 12.8. The van der Waals surface area contributed by atoms with Gasteiger partial charge in [0, 0.05) is 18.8 Å². The van der Waals surface area contributed by atoms with E-state index in [4.69, 9.17) is 5.73 Å². The van der Waals surface area contributed by atoms with E-state index >= 15 is 0 Å². The number of aryl methyl sites for hydroxylation is 1. The number of benzene rings is 1. The number of carbonyl (C=O) groups is 1. The molecular weight excluding hydrogens is 286 g/mol. The molecule has 1 heterocycles. The van der Waals surface area contributed by atoms with Crippen molar-refractivity contribution in [3.63, 3.8) is 0 Å². The number of rotatable bonds is 6. The fraction of sp³-hybridized carbons (Fsp3) is 0.368. The Morgan fingerprint density at radius 3 is 2.57 bits per heavy atom. The maximum Gasteiger partial charge on any atom is 0.227 e. The molecule has 1 aromatic carbocycles. The van der Waals surface area contributed by atoms with E-state index in [2.05, 4.69) is 24.0 Å². The Labute approximate surface area is 138 Å². The van der Waals surface area contributed by atoms with Crippen LogP contribution in [0, 0.1) is 12.8 Å². The van der Waals surface area contributed by atoms with Gasteiger partial charge in [-0.15, -0.1) is 0 Å². The third-order valence-electron chi connectivity index (χ3n) is 4.02. The van der Waals surface area contributed by atoms with Crippen molar-refractivity contribution in [2.75, 3.05) is 0 Å². The molecule has 0 saturated heterocycles. The van der Waals surface area contributed by atoms with Crippen LogP contribution in [0.25, 0.3) is 0 Å². The summed E-state index contributed by atoms with van der Waals surface area (Å²) in [5.41, 5.74) is 9.11. The fourth-order valence-corrected chi connectivity index (χ4v) is 2.44. The molecule has 0 spiro atoms. The molecule has 0 fully saturated rings. The number of hydrogen-bond acceptors (Lipinski definition) is 3. The van der Waals surface area contributed by atoms with Gasteiger partial charge in [0.15, 0.2) is 0 Å². The van der Waals surface area contributed by atoms with Gasteiger partial charge in [0.1, 0.15) is 0 Å². The smallest absolute Gasteiger partial charge is 0.227 e. The Morgan fingerprint density at radius 2 is 1.96 bits per heavy atom. The van der Waals surface area contributed by atoms with Gasteiger partial charge in [-0.2, -0.15) is 0 Å². The summed E-state index contributed by atoms with van der Waals surface area (Å²) in [6, 6.07) is 13.8. The molecular formula is C19H25N3O. The predicted molar refractivity (Wildman–Crippen MR) is 92.5 cm³/mol. The predicted octanol–water partition coefficient (Wildman–Crippen LogP) is 2.90. The first-order valence-electron chi connectivity index (χ1n) is 7.97. The van der Waals surface area contributed by atoms with Crippen molar-refractivity contribution in [2.24, 2.45) is 11.7 Å². The maximum atomic E-state index is 12.8. The molecule has 23 heavy (non-hydrogen) atoms. The third kappa shape index (κ3) is 4.89. The van der Waals surface area contributed by atoms with Crippen molar-refractivity contribution in [2.45, 2.75) is 39.9 Å². The topological polar surface area (TPSA) is 59.2 Å². The number of nitrogens with zero attached hydrogens (tertiary/aromatic N) is 2. The van der Waals surface area contributed by atoms with Crippen LogP contribution in [0.4, 0.5) is 0 Å². The number of amides is 1. The molecule has 1 amide bonds. The summed E-state index contributed by atoms with van der Waals surface area (Å²) in [4.78, 5) is 19.0. The van der Waals surface area contributed by atoms with Crippen LogP contribution in [0.3, 0.4) is 0 Å². The molecule has 2 atom stereocenters. The Bertz CT molecular complexity index is 640. The van der Waals surface area contributed by atoms with Crippen molar-refractivity contribution >= 4 is 5.91 Å². The monoisotopic (exact) mass is 311 g/mol. The summed E-state index contributed by atoms with van der Waals surface area (Å²) in [5, 5.41) is 0. The van der Waals surface area contributed by atoms with Crippen LogP contribution in [0.15, 0.2) is 48.7 Å². The highest BCUT2D eigenvalue weighted by Gasteiger charge is 2.24. The zero-order chi connectivity index (χ0) is 16.8. The average molecular weight is 311 g/mol. The van der Waals surface area contributed by atoms with Crippen LogP contribution < -0.4 is 5.73 Å². The lowest BCUT2D eigenvalue weighted by Crippen LogP contribution is -2.41. The zero-order valence-electron chi connectivity index (χ0n) is 14.1.